The van der Waals surface area contributed by atoms with Gasteiger partial charge < -0.3 is 14.8 Å². The molecule has 0 atom stereocenters. The van der Waals surface area contributed by atoms with E-state index < -0.39 is 0 Å². The molecule has 1 fully saturated rings. The zero-order chi connectivity index (χ0) is 19.2. The van der Waals surface area contributed by atoms with Gasteiger partial charge in [0.15, 0.2) is 11.5 Å². The summed E-state index contributed by atoms with van der Waals surface area (Å²) < 4.78 is 11.4. The van der Waals surface area contributed by atoms with E-state index in [0.29, 0.717) is 12.0 Å². The average molecular weight is 374 g/mol. The number of aromatic nitrogens is 1. The fourth-order valence-corrected chi connectivity index (χ4v) is 3.54. The van der Waals surface area contributed by atoms with Crippen LogP contribution in [0.3, 0.4) is 0 Å². The standard InChI is InChI=1S/C24H26N2O2/c1-27-22-10-9-19(14-23(22)28-17-20-6-5-13-25-16-20)15-26-18-24(11-12-24)21-7-3-2-4-8-21/h2-10,13-14,16,26H,11-12,15,17-18H2,1H3. The van der Waals surface area contributed by atoms with Gasteiger partial charge in [-0.15, -0.1) is 0 Å². The van der Waals surface area contributed by atoms with Crippen LogP contribution >= 0.6 is 0 Å². The Morgan fingerprint density at radius 2 is 1.82 bits per heavy atom. The summed E-state index contributed by atoms with van der Waals surface area (Å²) in [7, 11) is 1.67. The zero-order valence-corrected chi connectivity index (χ0v) is 16.2. The normalized spacial score (nSPS) is 14.5. The summed E-state index contributed by atoms with van der Waals surface area (Å²) in [5, 5.41) is 3.64. The van der Waals surface area contributed by atoms with Gasteiger partial charge in [0.1, 0.15) is 6.61 Å². The third kappa shape index (κ3) is 4.34. The monoisotopic (exact) mass is 374 g/mol. The summed E-state index contributed by atoms with van der Waals surface area (Å²) >= 11 is 0. The fourth-order valence-electron chi connectivity index (χ4n) is 3.54. The van der Waals surface area contributed by atoms with E-state index in [4.69, 9.17) is 9.47 Å². The smallest absolute Gasteiger partial charge is 0.161 e. The van der Waals surface area contributed by atoms with Gasteiger partial charge in [-0.2, -0.15) is 0 Å². The molecule has 3 aromatic rings. The lowest BCUT2D eigenvalue weighted by Gasteiger charge is -2.17. The number of nitrogens with zero attached hydrogens (tertiary/aromatic N) is 1. The lowest BCUT2D eigenvalue weighted by atomic mass is 9.96. The fraction of sp³-hybridized carbons (Fsp3) is 0.292. The van der Waals surface area contributed by atoms with Crippen molar-refractivity contribution < 1.29 is 9.47 Å². The van der Waals surface area contributed by atoms with Crippen LogP contribution in [-0.4, -0.2) is 18.6 Å². The maximum atomic E-state index is 5.99. The molecule has 1 aromatic heterocycles. The molecule has 1 heterocycles. The first-order chi connectivity index (χ1) is 13.8. The van der Waals surface area contributed by atoms with Crippen LogP contribution in [0.1, 0.15) is 29.5 Å². The van der Waals surface area contributed by atoms with Crippen molar-refractivity contribution in [2.24, 2.45) is 0 Å². The maximum absolute atomic E-state index is 5.99. The SMILES string of the molecule is COc1ccc(CNCC2(c3ccccc3)CC2)cc1OCc1cccnc1. The molecule has 1 aliphatic rings. The summed E-state index contributed by atoms with van der Waals surface area (Å²) in [6, 6.07) is 20.9. The molecule has 28 heavy (non-hydrogen) atoms. The summed E-state index contributed by atoms with van der Waals surface area (Å²) in [6.07, 6.45) is 6.09. The third-order valence-electron chi connectivity index (χ3n) is 5.38. The first kappa shape index (κ1) is 18.5. The second kappa shape index (κ2) is 8.44. The van der Waals surface area contributed by atoms with Crippen LogP contribution < -0.4 is 14.8 Å². The van der Waals surface area contributed by atoms with E-state index in [9.17, 15) is 0 Å². The number of hydrogen-bond donors (Lipinski definition) is 1. The minimum absolute atomic E-state index is 0.313. The molecule has 1 N–H and O–H groups in total. The minimum Gasteiger partial charge on any atom is -0.493 e. The van der Waals surface area contributed by atoms with Crippen molar-refractivity contribution in [3.05, 3.63) is 89.7 Å². The second-order valence-corrected chi connectivity index (χ2v) is 7.39. The Kier molecular flexibility index (Phi) is 5.58. The number of hydrogen-bond acceptors (Lipinski definition) is 4. The van der Waals surface area contributed by atoms with E-state index in [-0.39, 0.29) is 0 Å². The third-order valence-corrected chi connectivity index (χ3v) is 5.38. The summed E-state index contributed by atoms with van der Waals surface area (Å²) in [6.45, 7) is 2.27. The molecular formula is C24H26N2O2. The van der Waals surface area contributed by atoms with Gasteiger partial charge in [-0.3, -0.25) is 4.98 Å². The van der Waals surface area contributed by atoms with E-state index >= 15 is 0 Å². The van der Waals surface area contributed by atoms with Gasteiger partial charge in [0.25, 0.3) is 0 Å². The van der Waals surface area contributed by atoms with Gasteiger partial charge in [0.2, 0.25) is 0 Å². The van der Waals surface area contributed by atoms with Gasteiger partial charge in [0, 0.05) is 36.5 Å². The molecule has 0 bridgehead atoms. The second-order valence-electron chi connectivity index (χ2n) is 7.39. The molecule has 0 saturated heterocycles. The van der Waals surface area contributed by atoms with Crippen molar-refractivity contribution in [3.63, 3.8) is 0 Å². The van der Waals surface area contributed by atoms with Crippen molar-refractivity contribution in [2.75, 3.05) is 13.7 Å². The first-order valence-electron chi connectivity index (χ1n) is 9.74. The molecule has 0 spiro atoms. The number of methoxy groups -OCH3 is 1. The van der Waals surface area contributed by atoms with Crippen molar-refractivity contribution in [3.8, 4) is 11.5 Å². The maximum Gasteiger partial charge on any atom is 0.161 e. The summed E-state index contributed by atoms with van der Waals surface area (Å²) in [4.78, 5) is 4.13. The van der Waals surface area contributed by atoms with Gasteiger partial charge in [-0.25, -0.2) is 0 Å². The number of nitrogens with one attached hydrogen (secondary N) is 1. The first-order valence-corrected chi connectivity index (χ1v) is 9.74. The predicted molar refractivity (Wildman–Crippen MR) is 111 cm³/mol. The average Bonchev–Trinajstić information content (AvgIpc) is 3.55. The molecule has 4 nitrogen and oxygen atoms in total. The van der Waals surface area contributed by atoms with Crippen molar-refractivity contribution in [1.29, 1.82) is 0 Å². The van der Waals surface area contributed by atoms with Crippen LogP contribution in [0.25, 0.3) is 0 Å². The Bertz CT molecular complexity index is 893. The lowest BCUT2D eigenvalue weighted by Crippen LogP contribution is -2.26. The van der Waals surface area contributed by atoms with Gasteiger partial charge in [0.05, 0.1) is 7.11 Å². The molecule has 0 amide bonds. The van der Waals surface area contributed by atoms with Crippen LogP contribution in [0.4, 0.5) is 0 Å². The zero-order valence-electron chi connectivity index (χ0n) is 16.2. The van der Waals surface area contributed by atoms with E-state index in [1.807, 2.05) is 24.4 Å². The summed E-state index contributed by atoms with van der Waals surface area (Å²) in [5.41, 5.74) is 3.98. The van der Waals surface area contributed by atoms with E-state index in [1.165, 1.54) is 24.0 Å². The number of benzene rings is 2. The molecule has 4 rings (SSSR count). The molecule has 0 unspecified atom stereocenters. The Balaban J connectivity index is 1.37. The van der Waals surface area contributed by atoms with Crippen LogP contribution in [0.15, 0.2) is 73.1 Å². The largest absolute Gasteiger partial charge is 0.493 e. The van der Waals surface area contributed by atoms with E-state index in [1.54, 1.807) is 13.3 Å². The van der Waals surface area contributed by atoms with Gasteiger partial charge in [-0.1, -0.05) is 42.5 Å². The highest BCUT2D eigenvalue weighted by Crippen LogP contribution is 2.47. The van der Waals surface area contributed by atoms with Crippen LogP contribution in [0.5, 0.6) is 11.5 Å². The Hall–Kier alpha value is -2.85. The van der Waals surface area contributed by atoms with E-state index in [0.717, 1.165) is 30.2 Å². The van der Waals surface area contributed by atoms with Crippen molar-refractivity contribution >= 4 is 0 Å². The Morgan fingerprint density at radius 3 is 2.54 bits per heavy atom. The molecule has 1 aliphatic carbocycles. The molecule has 144 valence electrons. The van der Waals surface area contributed by atoms with Gasteiger partial charge >= 0.3 is 0 Å². The number of pyridine rings is 1. The quantitative estimate of drug-likeness (QED) is 0.599. The number of ether oxygens (including phenoxy) is 2. The highest BCUT2D eigenvalue weighted by atomic mass is 16.5. The molecular weight excluding hydrogens is 348 g/mol. The van der Waals surface area contributed by atoms with Gasteiger partial charge in [-0.05, 0) is 42.2 Å². The minimum atomic E-state index is 0.313. The highest BCUT2D eigenvalue weighted by molar-refractivity contribution is 5.43. The molecule has 0 aliphatic heterocycles. The van der Waals surface area contributed by atoms with E-state index in [2.05, 4.69) is 52.8 Å². The van der Waals surface area contributed by atoms with Crippen LogP contribution in [-0.2, 0) is 18.6 Å². The van der Waals surface area contributed by atoms with Crippen LogP contribution in [0.2, 0.25) is 0 Å². The molecule has 1 saturated carbocycles. The summed E-state index contributed by atoms with van der Waals surface area (Å²) in [5.74, 6) is 1.51. The molecule has 4 heteroatoms. The Labute approximate surface area is 166 Å². The molecule has 0 radical (unpaired) electrons. The van der Waals surface area contributed by atoms with Crippen LogP contribution in [0, 0.1) is 0 Å². The van der Waals surface area contributed by atoms with Crippen molar-refractivity contribution in [2.45, 2.75) is 31.4 Å². The highest BCUT2D eigenvalue weighted by Gasteiger charge is 2.43. The van der Waals surface area contributed by atoms with Crippen molar-refractivity contribution in [1.82, 2.24) is 10.3 Å². The molecule has 2 aromatic carbocycles. The predicted octanol–water partition coefficient (Wildman–Crippen LogP) is 4.49. The lowest BCUT2D eigenvalue weighted by molar-refractivity contribution is 0.283. The number of rotatable bonds is 9. The topological polar surface area (TPSA) is 43.4 Å². The Morgan fingerprint density at radius 1 is 0.964 bits per heavy atom.